The van der Waals surface area contributed by atoms with Crippen molar-refractivity contribution in [3.8, 4) is 5.75 Å². The Balaban J connectivity index is 1.87. The molecule has 0 radical (unpaired) electrons. The molecule has 1 heterocycles. The van der Waals surface area contributed by atoms with Gasteiger partial charge in [0, 0.05) is 18.0 Å². The lowest BCUT2D eigenvalue weighted by atomic mass is 10.1. The monoisotopic (exact) mass is 291 g/mol. The van der Waals surface area contributed by atoms with E-state index in [9.17, 15) is 5.11 Å². The van der Waals surface area contributed by atoms with Crippen molar-refractivity contribution in [2.45, 2.75) is 26.0 Å². The van der Waals surface area contributed by atoms with Gasteiger partial charge in [-0.25, -0.2) is 0 Å². The number of nitrogens with one attached hydrogen (secondary N) is 1. The zero-order valence-electron chi connectivity index (χ0n) is 11.9. The number of aliphatic hydroxyl groups is 1. The summed E-state index contributed by atoms with van der Waals surface area (Å²) in [5.41, 5.74) is 2.26. The highest BCUT2D eigenvalue weighted by Crippen LogP contribution is 2.20. The van der Waals surface area contributed by atoms with Gasteiger partial charge in [-0.05, 0) is 41.1 Å². The van der Waals surface area contributed by atoms with Gasteiger partial charge in [0.1, 0.15) is 5.75 Å². The smallest absolute Gasteiger partial charge is 0.119 e. The fourth-order valence-corrected chi connectivity index (χ4v) is 3.07. The van der Waals surface area contributed by atoms with Crippen molar-refractivity contribution in [1.29, 1.82) is 0 Å². The molecule has 0 aliphatic rings. The van der Waals surface area contributed by atoms with Crippen LogP contribution in [0.15, 0.2) is 35.7 Å². The molecule has 20 heavy (non-hydrogen) atoms. The number of aliphatic hydroxyl groups excluding tert-OH is 1. The molecule has 0 fully saturated rings. The average molecular weight is 291 g/mol. The minimum atomic E-state index is -0.518. The van der Waals surface area contributed by atoms with Gasteiger partial charge in [-0.3, -0.25) is 0 Å². The van der Waals surface area contributed by atoms with Crippen LogP contribution in [0.4, 0.5) is 0 Å². The summed E-state index contributed by atoms with van der Waals surface area (Å²) in [4.78, 5) is 1.35. The topological polar surface area (TPSA) is 41.5 Å². The lowest BCUT2D eigenvalue weighted by molar-refractivity contribution is 0.174. The zero-order chi connectivity index (χ0) is 14.4. The number of thiophene rings is 1. The average Bonchev–Trinajstić information content (AvgIpc) is 2.94. The summed E-state index contributed by atoms with van der Waals surface area (Å²) in [6.07, 6.45) is 0.536. The fourth-order valence-electron chi connectivity index (χ4n) is 2.13. The molecule has 0 aliphatic carbocycles. The van der Waals surface area contributed by atoms with E-state index in [1.54, 1.807) is 18.4 Å². The molecule has 0 spiro atoms. The molecule has 1 aromatic heterocycles. The number of aryl methyl sites for hydroxylation is 1. The molecule has 1 unspecified atom stereocenters. The Hall–Kier alpha value is -1.36. The molecular weight excluding hydrogens is 270 g/mol. The molecule has 1 atom stereocenters. The molecule has 2 N–H and O–H groups in total. The predicted octanol–water partition coefficient (Wildman–Crippen LogP) is 3.14. The summed E-state index contributed by atoms with van der Waals surface area (Å²) in [7, 11) is 1.63. The Labute approximate surface area is 124 Å². The summed E-state index contributed by atoms with van der Waals surface area (Å²) >= 11 is 1.76. The van der Waals surface area contributed by atoms with E-state index in [1.165, 1.54) is 10.4 Å². The van der Waals surface area contributed by atoms with Crippen LogP contribution in [0.5, 0.6) is 5.75 Å². The normalized spacial score (nSPS) is 12.3. The Morgan fingerprint density at radius 2 is 2.20 bits per heavy atom. The minimum absolute atomic E-state index is 0.518. The van der Waals surface area contributed by atoms with E-state index >= 15 is 0 Å². The minimum Gasteiger partial charge on any atom is -0.497 e. The number of hydrogen-bond donors (Lipinski definition) is 2. The largest absolute Gasteiger partial charge is 0.497 e. The number of benzene rings is 1. The van der Waals surface area contributed by atoms with E-state index in [2.05, 4.69) is 23.7 Å². The van der Waals surface area contributed by atoms with Crippen LogP contribution in [0, 0.1) is 0 Å². The molecule has 0 aliphatic heterocycles. The van der Waals surface area contributed by atoms with Crippen LogP contribution in [-0.4, -0.2) is 18.8 Å². The maximum Gasteiger partial charge on any atom is 0.119 e. The van der Waals surface area contributed by atoms with Crippen LogP contribution in [0.1, 0.15) is 29.0 Å². The summed E-state index contributed by atoms with van der Waals surface area (Å²) in [6, 6.07) is 9.72. The second-order valence-electron chi connectivity index (χ2n) is 4.65. The van der Waals surface area contributed by atoms with Crippen LogP contribution in [0.2, 0.25) is 0 Å². The molecule has 4 heteroatoms. The third kappa shape index (κ3) is 3.82. The van der Waals surface area contributed by atoms with Crippen molar-refractivity contribution in [1.82, 2.24) is 5.32 Å². The third-order valence-electron chi connectivity index (χ3n) is 3.32. The van der Waals surface area contributed by atoms with Gasteiger partial charge in [0.2, 0.25) is 0 Å². The summed E-state index contributed by atoms with van der Waals surface area (Å²) in [5, 5.41) is 15.6. The maximum absolute atomic E-state index is 10.2. The van der Waals surface area contributed by atoms with Gasteiger partial charge in [0.05, 0.1) is 13.2 Å². The Kier molecular flexibility index (Phi) is 5.59. The van der Waals surface area contributed by atoms with Crippen molar-refractivity contribution in [2.75, 3.05) is 13.7 Å². The molecule has 0 saturated heterocycles. The van der Waals surface area contributed by atoms with Crippen LogP contribution >= 0.6 is 11.3 Å². The van der Waals surface area contributed by atoms with Crippen molar-refractivity contribution < 1.29 is 9.84 Å². The van der Waals surface area contributed by atoms with E-state index < -0.39 is 6.10 Å². The third-order valence-corrected chi connectivity index (χ3v) is 4.28. The van der Waals surface area contributed by atoms with E-state index in [4.69, 9.17) is 4.74 Å². The molecule has 2 aromatic rings. The van der Waals surface area contributed by atoms with E-state index in [1.807, 2.05) is 24.3 Å². The van der Waals surface area contributed by atoms with Crippen LogP contribution in [-0.2, 0) is 13.0 Å². The molecule has 2 rings (SSSR count). The van der Waals surface area contributed by atoms with Gasteiger partial charge in [-0.15, -0.1) is 11.3 Å². The van der Waals surface area contributed by atoms with Gasteiger partial charge >= 0.3 is 0 Å². The quantitative estimate of drug-likeness (QED) is 0.823. The lowest BCUT2D eigenvalue weighted by Gasteiger charge is -2.13. The molecular formula is C16H21NO2S. The van der Waals surface area contributed by atoms with Gasteiger partial charge in [-0.2, -0.15) is 0 Å². The van der Waals surface area contributed by atoms with E-state index in [0.717, 1.165) is 24.3 Å². The SMILES string of the molecule is CCc1ccsc1CNCC(O)c1cccc(OC)c1. The first-order valence-corrected chi connectivity index (χ1v) is 7.70. The number of rotatable bonds is 7. The maximum atomic E-state index is 10.2. The van der Waals surface area contributed by atoms with Crippen LogP contribution in [0.25, 0.3) is 0 Å². The molecule has 108 valence electrons. The standard InChI is InChI=1S/C16H21NO2S/c1-3-12-7-8-20-16(12)11-17-10-15(18)13-5-4-6-14(9-13)19-2/h4-9,15,17-18H,3,10-11H2,1-2H3. The second kappa shape index (κ2) is 7.43. The van der Waals surface area contributed by atoms with Crippen molar-refractivity contribution in [2.24, 2.45) is 0 Å². The first-order valence-electron chi connectivity index (χ1n) is 6.82. The lowest BCUT2D eigenvalue weighted by Crippen LogP contribution is -2.21. The second-order valence-corrected chi connectivity index (χ2v) is 5.65. The fraction of sp³-hybridized carbons (Fsp3) is 0.375. The molecule has 3 nitrogen and oxygen atoms in total. The van der Waals surface area contributed by atoms with Gasteiger partial charge in [0.15, 0.2) is 0 Å². The summed E-state index contributed by atoms with van der Waals surface area (Å²) < 4.78 is 5.17. The highest BCUT2D eigenvalue weighted by Gasteiger charge is 2.09. The van der Waals surface area contributed by atoms with Gasteiger partial charge in [0.25, 0.3) is 0 Å². The van der Waals surface area contributed by atoms with Crippen LogP contribution in [0.3, 0.4) is 0 Å². The Bertz CT molecular complexity index is 539. The van der Waals surface area contributed by atoms with Gasteiger partial charge in [-0.1, -0.05) is 19.1 Å². The summed E-state index contributed by atoms with van der Waals surface area (Å²) in [6.45, 7) is 3.51. The van der Waals surface area contributed by atoms with Crippen molar-refractivity contribution in [3.63, 3.8) is 0 Å². The number of hydrogen-bond acceptors (Lipinski definition) is 4. The van der Waals surface area contributed by atoms with E-state index in [-0.39, 0.29) is 0 Å². The molecule has 0 saturated carbocycles. The van der Waals surface area contributed by atoms with Crippen molar-refractivity contribution in [3.05, 3.63) is 51.7 Å². The molecule has 0 amide bonds. The predicted molar refractivity (Wildman–Crippen MR) is 83.4 cm³/mol. The highest BCUT2D eigenvalue weighted by molar-refractivity contribution is 7.10. The Morgan fingerprint density at radius 3 is 2.95 bits per heavy atom. The van der Waals surface area contributed by atoms with Crippen molar-refractivity contribution >= 4 is 11.3 Å². The van der Waals surface area contributed by atoms with Crippen LogP contribution < -0.4 is 10.1 Å². The Morgan fingerprint density at radius 1 is 1.35 bits per heavy atom. The summed E-state index contributed by atoms with van der Waals surface area (Å²) in [5.74, 6) is 0.771. The number of ether oxygens (including phenoxy) is 1. The molecule has 0 bridgehead atoms. The zero-order valence-corrected chi connectivity index (χ0v) is 12.7. The number of methoxy groups -OCH3 is 1. The molecule has 1 aromatic carbocycles. The first-order chi connectivity index (χ1) is 9.74. The van der Waals surface area contributed by atoms with E-state index in [0.29, 0.717) is 6.54 Å². The highest BCUT2D eigenvalue weighted by atomic mass is 32.1. The first kappa shape index (κ1) is 15.0. The van der Waals surface area contributed by atoms with Gasteiger partial charge < -0.3 is 15.2 Å².